The van der Waals surface area contributed by atoms with Gasteiger partial charge in [-0.05, 0) is 89.9 Å². The minimum atomic E-state index is -0.797. The van der Waals surface area contributed by atoms with Crippen molar-refractivity contribution in [1.82, 2.24) is 0 Å². The van der Waals surface area contributed by atoms with Crippen LogP contribution >= 0.6 is 0 Å². The van der Waals surface area contributed by atoms with Gasteiger partial charge in [0.05, 0.1) is 6.61 Å². The van der Waals surface area contributed by atoms with Crippen molar-refractivity contribution >= 4 is 11.9 Å². The number of carbonyl (C=O) groups is 2. The van der Waals surface area contributed by atoms with Gasteiger partial charge in [-0.15, -0.1) is 0 Å². The van der Waals surface area contributed by atoms with Crippen LogP contribution in [-0.4, -0.2) is 36.4 Å². The van der Waals surface area contributed by atoms with Crippen molar-refractivity contribution in [3.63, 3.8) is 0 Å². The molecule has 5 heteroatoms. The molecule has 0 radical (unpaired) electrons. The summed E-state index contributed by atoms with van der Waals surface area (Å²) in [5.74, 6) is -0.645. The van der Waals surface area contributed by atoms with Crippen LogP contribution in [0.5, 0.6) is 0 Å². The average molecular weight is 695 g/mol. The highest BCUT2D eigenvalue weighted by Gasteiger charge is 2.16. The van der Waals surface area contributed by atoms with E-state index in [1.165, 1.54) is 51.4 Å². The molecule has 0 aliphatic rings. The second kappa shape index (κ2) is 40.5. The Labute approximate surface area is 307 Å². The van der Waals surface area contributed by atoms with Crippen molar-refractivity contribution in [3.05, 3.63) is 85.1 Å². The number of carbonyl (C=O) groups excluding carboxylic acids is 2. The Morgan fingerprint density at radius 2 is 0.860 bits per heavy atom. The van der Waals surface area contributed by atoms with Crippen LogP contribution < -0.4 is 0 Å². The Bertz CT molecular complexity index is 968. The van der Waals surface area contributed by atoms with Gasteiger partial charge in [-0.1, -0.05) is 150 Å². The lowest BCUT2D eigenvalue weighted by molar-refractivity contribution is -0.161. The van der Waals surface area contributed by atoms with Crippen molar-refractivity contribution in [3.8, 4) is 0 Å². The highest BCUT2D eigenvalue weighted by molar-refractivity contribution is 5.70. The lowest BCUT2D eigenvalue weighted by atomic mass is 10.1. The lowest BCUT2D eigenvalue weighted by Gasteiger charge is -2.15. The summed E-state index contributed by atoms with van der Waals surface area (Å²) in [6.45, 7) is 3.95. The number of unbranched alkanes of at least 4 members (excludes halogenated alkanes) is 13. The van der Waals surface area contributed by atoms with E-state index >= 15 is 0 Å². The van der Waals surface area contributed by atoms with Gasteiger partial charge in [0.25, 0.3) is 0 Å². The van der Waals surface area contributed by atoms with E-state index in [2.05, 4.69) is 98.9 Å². The molecule has 0 aromatic heterocycles. The summed E-state index contributed by atoms with van der Waals surface area (Å²) in [5, 5.41) is 9.56. The highest BCUT2D eigenvalue weighted by Crippen LogP contribution is 2.12. The molecule has 1 atom stereocenters. The topological polar surface area (TPSA) is 72.8 Å². The minimum Gasteiger partial charge on any atom is -0.462 e. The number of rotatable bonds is 35. The van der Waals surface area contributed by atoms with Gasteiger partial charge < -0.3 is 14.6 Å². The number of allylic oxidation sites excluding steroid dienone is 14. The Kier molecular flexibility index (Phi) is 38.1. The smallest absolute Gasteiger partial charge is 0.306 e. The molecule has 0 unspecified atom stereocenters. The summed E-state index contributed by atoms with van der Waals surface area (Å²) in [6.07, 6.45) is 54.9. The Balaban J connectivity index is 3.67. The fourth-order valence-electron chi connectivity index (χ4n) is 5.14. The van der Waals surface area contributed by atoms with E-state index in [0.29, 0.717) is 12.8 Å². The molecule has 284 valence electrons. The second-order valence-electron chi connectivity index (χ2n) is 13.0. The molecule has 0 rings (SSSR count). The zero-order valence-corrected chi connectivity index (χ0v) is 32.1. The maximum atomic E-state index is 12.2. The molecule has 0 saturated carbocycles. The van der Waals surface area contributed by atoms with Crippen LogP contribution in [0.15, 0.2) is 85.1 Å². The Morgan fingerprint density at radius 3 is 1.32 bits per heavy atom. The van der Waals surface area contributed by atoms with Crippen molar-refractivity contribution in [2.75, 3.05) is 13.2 Å². The van der Waals surface area contributed by atoms with E-state index in [4.69, 9.17) is 9.47 Å². The zero-order valence-electron chi connectivity index (χ0n) is 32.1. The number of hydrogen-bond donors (Lipinski definition) is 1. The van der Waals surface area contributed by atoms with Gasteiger partial charge in [-0.25, -0.2) is 0 Å². The molecule has 0 bridgehead atoms. The molecule has 0 aliphatic carbocycles. The first-order valence-corrected chi connectivity index (χ1v) is 20.1. The van der Waals surface area contributed by atoms with Crippen LogP contribution in [0.3, 0.4) is 0 Å². The molecule has 0 aliphatic heterocycles. The quantitative estimate of drug-likeness (QED) is 0.0406. The monoisotopic (exact) mass is 695 g/mol. The largest absolute Gasteiger partial charge is 0.462 e. The van der Waals surface area contributed by atoms with Crippen molar-refractivity contribution in [2.45, 2.75) is 174 Å². The van der Waals surface area contributed by atoms with E-state index in [9.17, 15) is 14.7 Å². The average Bonchev–Trinajstić information content (AvgIpc) is 3.12. The van der Waals surface area contributed by atoms with Crippen LogP contribution in [0, 0.1) is 0 Å². The van der Waals surface area contributed by atoms with Gasteiger partial charge in [0.1, 0.15) is 6.61 Å². The third-order valence-corrected chi connectivity index (χ3v) is 8.17. The number of aliphatic hydroxyl groups excluding tert-OH is 1. The molecule has 5 nitrogen and oxygen atoms in total. The second-order valence-corrected chi connectivity index (χ2v) is 13.0. The minimum absolute atomic E-state index is 0.0885. The number of hydrogen-bond acceptors (Lipinski definition) is 5. The van der Waals surface area contributed by atoms with E-state index in [1.807, 2.05) is 0 Å². The van der Waals surface area contributed by atoms with Crippen LogP contribution in [0.4, 0.5) is 0 Å². The molecule has 50 heavy (non-hydrogen) atoms. The van der Waals surface area contributed by atoms with E-state index in [-0.39, 0.29) is 25.2 Å². The first-order chi connectivity index (χ1) is 24.6. The molecule has 0 amide bonds. The van der Waals surface area contributed by atoms with Crippen LogP contribution in [0.1, 0.15) is 168 Å². The number of aliphatic hydroxyl groups is 1. The molecule has 0 fully saturated rings. The first-order valence-electron chi connectivity index (χ1n) is 20.1. The summed E-state index contributed by atoms with van der Waals surface area (Å²) in [4.78, 5) is 24.3. The van der Waals surface area contributed by atoms with Gasteiger partial charge in [-0.3, -0.25) is 9.59 Å². The summed E-state index contributed by atoms with van der Waals surface area (Å²) in [7, 11) is 0. The maximum absolute atomic E-state index is 12.2. The standard InChI is InChI=1S/C45H74O5/c1-3-5-7-9-11-13-15-17-19-21-22-24-26-28-30-32-34-36-38-40-45(48)50-43(41-46)42-49-44(47)39-37-35-33-31-29-27-25-23-20-18-16-14-12-10-8-6-4-2/h5,7,11-14,17-20,22,24,28,30,43,46H,3-4,6,8-10,15-16,21,23,25-27,29,31-42H2,1-2H3/t43-/m0/s1. The normalized spacial score (nSPS) is 13.1. The fourth-order valence-corrected chi connectivity index (χ4v) is 5.14. The van der Waals surface area contributed by atoms with Gasteiger partial charge in [0.2, 0.25) is 0 Å². The number of ether oxygens (including phenoxy) is 2. The van der Waals surface area contributed by atoms with Crippen molar-refractivity contribution in [1.29, 1.82) is 0 Å². The maximum Gasteiger partial charge on any atom is 0.306 e. The molecule has 1 N–H and O–H groups in total. The molecular formula is C45H74O5. The third kappa shape index (κ3) is 37.9. The molecule has 0 heterocycles. The predicted octanol–water partition coefficient (Wildman–Crippen LogP) is 12.7. The summed E-state index contributed by atoms with van der Waals surface area (Å²) in [5.41, 5.74) is 0. The van der Waals surface area contributed by atoms with E-state index in [1.54, 1.807) is 0 Å². The van der Waals surface area contributed by atoms with Crippen LogP contribution in [0.25, 0.3) is 0 Å². The van der Waals surface area contributed by atoms with E-state index in [0.717, 1.165) is 89.9 Å². The number of esters is 2. The summed E-state index contributed by atoms with van der Waals surface area (Å²) >= 11 is 0. The summed E-state index contributed by atoms with van der Waals surface area (Å²) in [6, 6.07) is 0. The molecule has 0 spiro atoms. The van der Waals surface area contributed by atoms with Crippen molar-refractivity contribution in [2.24, 2.45) is 0 Å². The first kappa shape index (κ1) is 47.1. The van der Waals surface area contributed by atoms with Crippen LogP contribution in [0.2, 0.25) is 0 Å². The Hall–Kier alpha value is -2.92. The van der Waals surface area contributed by atoms with Gasteiger partial charge in [-0.2, -0.15) is 0 Å². The molecular weight excluding hydrogens is 620 g/mol. The van der Waals surface area contributed by atoms with E-state index < -0.39 is 6.10 Å². The molecule has 0 aromatic carbocycles. The van der Waals surface area contributed by atoms with Crippen LogP contribution in [-0.2, 0) is 19.1 Å². The SMILES string of the molecule is CCC=CCC=CCC=CCC=CCC=CCCCCCC(=O)O[C@@H](CO)COC(=O)CCCCCCCCCC=CCC=CCCCCC. The van der Waals surface area contributed by atoms with Gasteiger partial charge in [0, 0.05) is 12.8 Å². The third-order valence-electron chi connectivity index (χ3n) is 8.17. The van der Waals surface area contributed by atoms with Gasteiger partial charge >= 0.3 is 11.9 Å². The predicted molar refractivity (Wildman–Crippen MR) is 214 cm³/mol. The lowest BCUT2D eigenvalue weighted by Crippen LogP contribution is -2.28. The summed E-state index contributed by atoms with van der Waals surface area (Å²) < 4.78 is 10.6. The zero-order chi connectivity index (χ0) is 36.4. The Morgan fingerprint density at radius 1 is 0.480 bits per heavy atom. The highest BCUT2D eigenvalue weighted by atomic mass is 16.6. The van der Waals surface area contributed by atoms with Gasteiger partial charge in [0.15, 0.2) is 6.10 Å². The molecule has 0 aromatic rings. The van der Waals surface area contributed by atoms with Crippen molar-refractivity contribution < 1.29 is 24.2 Å². The fraction of sp³-hybridized carbons (Fsp3) is 0.644. The molecule has 0 saturated heterocycles.